The first-order chi connectivity index (χ1) is 14.3. The highest BCUT2D eigenvalue weighted by molar-refractivity contribution is 5.71. The van der Waals surface area contributed by atoms with Crippen molar-refractivity contribution in [1.82, 2.24) is 15.0 Å². The molecule has 2 aromatic carbocycles. The van der Waals surface area contributed by atoms with Crippen LogP contribution in [0.4, 0.5) is 5.82 Å². The van der Waals surface area contributed by atoms with Crippen molar-refractivity contribution < 1.29 is 9.47 Å². The fraction of sp³-hybridized carbons (Fsp3) is 0.174. The summed E-state index contributed by atoms with van der Waals surface area (Å²) in [6.07, 6.45) is 4.07. The minimum Gasteiger partial charge on any atom is -0.493 e. The van der Waals surface area contributed by atoms with Crippen molar-refractivity contribution in [3.05, 3.63) is 84.2 Å². The van der Waals surface area contributed by atoms with Crippen LogP contribution in [0.1, 0.15) is 17.2 Å². The topological polar surface area (TPSA) is 69.2 Å². The maximum absolute atomic E-state index is 5.46. The van der Waals surface area contributed by atoms with Crippen LogP contribution in [-0.2, 0) is 6.42 Å². The van der Waals surface area contributed by atoms with Crippen LogP contribution in [0.2, 0.25) is 0 Å². The number of ether oxygens (including phenoxy) is 2. The van der Waals surface area contributed by atoms with E-state index < -0.39 is 0 Å². The molecule has 0 aliphatic carbocycles. The maximum atomic E-state index is 5.46. The number of pyridine rings is 1. The predicted molar refractivity (Wildman–Crippen MR) is 113 cm³/mol. The van der Waals surface area contributed by atoms with E-state index in [1.807, 2.05) is 42.5 Å². The van der Waals surface area contributed by atoms with Crippen LogP contribution in [0.3, 0.4) is 0 Å². The summed E-state index contributed by atoms with van der Waals surface area (Å²) in [7, 11) is 3.29. The quantitative estimate of drug-likeness (QED) is 0.506. The normalized spacial score (nSPS) is 11.8. The Morgan fingerprint density at radius 2 is 1.66 bits per heavy atom. The highest BCUT2D eigenvalue weighted by Gasteiger charge is 2.15. The summed E-state index contributed by atoms with van der Waals surface area (Å²) in [5.41, 5.74) is 3.69. The standard InChI is InChI=1S/C23H22N4O2/c1-28-20-10-8-16(15-21(20)29-2)14-19(17-6-4-3-5-7-17)26-22-11-9-18-23(27-22)25-13-12-24-18/h3-13,15,19H,14H2,1-2H3,(H,25,26,27). The SMILES string of the molecule is COc1ccc(CC(Nc2ccc3nccnc3n2)c2ccccc2)cc1OC. The summed E-state index contributed by atoms with van der Waals surface area (Å²) >= 11 is 0. The van der Waals surface area contributed by atoms with Crippen molar-refractivity contribution in [3.63, 3.8) is 0 Å². The van der Waals surface area contributed by atoms with Gasteiger partial charge >= 0.3 is 0 Å². The molecule has 4 aromatic rings. The zero-order chi connectivity index (χ0) is 20.1. The fourth-order valence-corrected chi connectivity index (χ4v) is 3.29. The van der Waals surface area contributed by atoms with Gasteiger partial charge in [-0.2, -0.15) is 0 Å². The summed E-state index contributed by atoms with van der Waals surface area (Å²) in [6.45, 7) is 0. The van der Waals surface area contributed by atoms with Gasteiger partial charge in [0.25, 0.3) is 0 Å². The zero-order valence-corrected chi connectivity index (χ0v) is 16.4. The molecule has 1 unspecified atom stereocenters. The van der Waals surface area contributed by atoms with Crippen LogP contribution in [-0.4, -0.2) is 29.2 Å². The van der Waals surface area contributed by atoms with E-state index >= 15 is 0 Å². The van der Waals surface area contributed by atoms with Crippen LogP contribution in [0.15, 0.2) is 73.1 Å². The zero-order valence-electron chi connectivity index (χ0n) is 16.4. The fourth-order valence-electron chi connectivity index (χ4n) is 3.29. The number of hydrogen-bond donors (Lipinski definition) is 1. The monoisotopic (exact) mass is 386 g/mol. The number of benzene rings is 2. The van der Waals surface area contributed by atoms with Crippen LogP contribution in [0.25, 0.3) is 11.2 Å². The molecule has 2 heterocycles. The number of hydrogen-bond acceptors (Lipinski definition) is 6. The Balaban J connectivity index is 1.65. The van der Waals surface area contributed by atoms with E-state index in [1.165, 1.54) is 5.56 Å². The Kier molecular flexibility index (Phi) is 5.52. The van der Waals surface area contributed by atoms with Gasteiger partial charge in [-0.05, 0) is 41.8 Å². The number of anilines is 1. The van der Waals surface area contributed by atoms with Crippen molar-refractivity contribution in [3.8, 4) is 11.5 Å². The second-order valence-electron chi connectivity index (χ2n) is 6.60. The molecular weight excluding hydrogens is 364 g/mol. The third-order valence-electron chi connectivity index (χ3n) is 4.74. The molecule has 6 heteroatoms. The summed E-state index contributed by atoms with van der Waals surface area (Å²) in [6, 6.07) is 20.2. The molecule has 0 spiro atoms. The molecule has 2 aromatic heterocycles. The molecule has 146 valence electrons. The van der Waals surface area contributed by atoms with E-state index in [1.54, 1.807) is 26.6 Å². The molecule has 4 rings (SSSR count). The van der Waals surface area contributed by atoms with Gasteiger partial charge < -0.3 is 14.8 Å². The van der Waals surface area contributed by atoms with Crippen molar-refractivity contribution in [2.45, 2.75) is 12.5 Å². The minimum atomic E-state index is 0.0240. The Morgan fingerprint density at radius 1 is 0.862 bits per heavy atom. The molecular formula is C23H22N4O2. The van der Waals surface area contributed by atoms with Gasteiger partial charge in [-0.3, -0.25) is 4.98 Å². The number of methoxy groups -OCH3 is 2. The molecule has 0 aliphatic rings. The average molecular weight is 386 g/mol. The molecule has 0 bridgehead atoms. The number of nitrogens with zero attached hydrogens (tertiary/aromatic N) is 3. The lowest BCUT2D eigenvalue weighted by Gasteiger charge is -2.21. The number of nitrogens with one attached hydrogen (secondary N) is 1. The van der Waals surface area contributed by atoms with Crippen molar-refractivity contribution in [1.29, 1.82) is 0 Å². The van der Waals surface area contributed by atoms with Gasteiger partial charge in [0.15, 0.2) is 17.1 Å². The highest BCUT2D eigenvalue weighted by Crippen LogP contribution is 2.30. The Hall–Kier alpha value is -3.67. The van der Waals surface area contributed by atoms with Crippen molar-refractivity contribution in [2.75, 3.05) is 19.5 Å². The van der Waals surface area contributed by atoms with Crippen LogP contribution in [0.5, 0.6) is 11.5 Å². The number of aromatic nitrogens is 3. The average Bonchev–Trinajstić information content (AvgIpc) is 2.79. The molecule has 0 saturated heterocycles. The van der Waals surface area contributed by atoms with Gasteiger partial charge in [0.1, 0.15) is 11.3 Å². The Morgan fingerprint density at radius 3 is 2.45 bits per heavy atom. The van der Waals surface area contributed by atoms with Crippen molar-refractivity contribution >= 4 is 17.0 Å². The summed E-state index contributed by atoms with van der Waals surface area (Å²) < 4.78 is 10.8. The van der Waals surface area contributed by atoms with Gasteiger partial charge in [-0.1, -0.05) is 36.4 Å². The van der Waals surface area contributed by atoms with Crippen LogP contribution < -0.4 is 14.8 Å². The lowest BCUT2D eigenvalue weighted by molar-refractivity contribution is 0.354. The maximum Gasteiger partial charge on any atom is 0.180 e. The molecule has 0 aliphatic heterocycles. The summed E-state index contributed by atoms with van der Waals surface area (Å²) in [5.74, 6) is 2.19. The lowest BCUT2D eigenvalue weighted by Crippen LogP contribution is -2.15. The summed E-state index contributed by atoms with van der Waals surface area (Å²) in [4.78, 5) is 13.2. The second kappa shape index (κ2) is 8.56. The van der Waals surface area contributed by atoms with Gasteiger partial charge in [-0.15, -0.1) is 0 Å². The molecule has 6 nitrogen and oxygen atoms in total. The first-order valence-electron chi connectivity index (χ1n) is 9.37. The third kappa shape index (κ3) is 4.27. The molecule has 29 heavy (non-hydrogen) atoms. The molecule has 1 N–H and O–H groups in total. The van der Waals surface area contributed by atoms with E-state index in [2.05, 4.69) is 38.5 Å². The minimum absolute atomic E-state index is 0.0240. The number of fused-ring (bicyclic) bond motifs is 1. The highest BCUT2D eigenvalue weighted by atomic mass is 16.5. The van der Waals surface area contributed by atoms with Gasteiger partial charge in [-0.25, -0.2) is 9.97 Å². The largest absolute Gasteiger partial charge is 0.493 e. The Labute approximate surface area is 169 Å². The second-order valence-corrected chi connectivity index (χ2v) is 6.60. The summed E-state index contributed by atoms with van der Waals surface area (Å²) in [5, 5.41) is 3.55. The van der Waals surface area contributed by atoms with E-state index in [0.717, 1.165) is 34.8 Å². The van der Waals surface area contributed by atoms with Gasteiger partial charge in [0, 0.05) is 12.4 Å². The molecule has 1 atom stereocenters. The first-order valence-corrected chi connectivity index (χ1v) is 9.37. The molecule has 0 fully saturated rings. The van der Waals surface area contributed by atoms with E-state index in [9.17, 15) is 0 Å². The third-order valence-corrected chi connectivity index (χ3v) is 4.74. The Bertz CT molecular complexity index is 1100. The van der Waals surface area contributed by atoms with E-state index in [4.69, 9.17) is 9.47 Å². The predicted octanol–water partition coefficient (Wildman–Crippen LogP) is 4.44. The van der Waals surface area contributed by atoms with Crippen LogP contribution >= 0.6 is 0 Å². The molecule has 0 saturated carbocycles. The molecule has 0 radical (unpaired) electrons. The van der Waals surface area contributed by atoms with Crippen molar-refractivity contribution in [2.24, 2.45) is 0 Å². The van der Waals surface area contributed by atoms with E-state index in [-0.39, 0.29) is 6.04 Å². The van der Waals surface area contributed by atoms with E-state index in [0.29, 0.717) is 5.65 Å². The molecule has 0 amide bonds. The lowest BCUT2D eigenvalue weighted by atomic mass is 9.98. The first kappa shape index (κ1) is 18.7. The van der Waals surface area contributed by atoms with Gasteiger partial charge in [0.05, 0.1) is 20.3 Å². The smallest absolute Gasteiger partial charge is 0.180 e. The van der Waals surface area contributed by atoms with Crippen LogP contribution in [0, 0.1) is 0 Å². The van der Waals surface area contributed by atoms with Gasteiger partial charge in [0.2, 0.25) is 0 Å². The number of rotatable bonds is 7.